The smallest absolute Gasteiger partial charge is 0.245 e. The van der Waals surface area contributed by atoms with Gasteiger partial charge in [-0.25, -0.2) is 0 Å². The van der Waals surface area contributed by atoms with Gasteiger partial charge in [-0.3, -0.25) is 19.2 Å². The lowest BCUT2D eigenvalue weighted by Crippen LogP contribution is -2.35. The SMILES string of the molecule is C=CC(=O)NCCCN(CCCCN(CCCNC(C)=O)C(=O)C=C)C(=O)C=C. The van der Waals surface area contributed by atoms with Crippen LogP contribution in [0.25, 0.3) is 0 Å². The molecule has 0 saturated heterocycles. The summed E-state index contributed by atoms with van der Waals surface area (Å²) in [6, 6.07) is 0. The van der Waals surface area contributed by atoms with Gasteiger partial charge in [-0.2, -0.15) is 0 Å². The van der Waals surface area contributed by atoms with E-state index in [1.54, 1.807) is 9.80 Å². The minimum atomic E-state index is -0.239. The van der Waals surface area contributed by atoms with Crippen LogP contribution in [0, 0.1) is 0 Å². The molecular formula is C21H34N4O4. The van der Waals surface area contributed by atoms with Crippen molar-refractivity contribution in [3.63, 3.8) is 0 Å². The zero-order valence-corrected chi connectivity index (χ0v) is 17.5. The van der Waals surface area contributed by atoms with Gasteiger partial charge < -0.3 is 20.4 Å². The average molecular weight is 407 g/mol. The Bertz CT molecular complexity index is 589. The van der Waals surface area contributed by atoms with Crippen LogP contribution in [-0.4, -0.2) is 72.7 Å². The van der Waals surface area contributed by atoms with Crippen molar-refractivity contribution >= 4 is 23.6 Å². The number of hydrogen-bond donors (Lipinski definition) is 2. The first-order chi connectivity index (χ1) is 13.8. The van der Waals surface area contributed by atoms with Gasteiger partial charge in [-0.1, -0.05) is 19.7 Å². The maximum Gasteiger partial charge on any atom is 0.245 e. The van der Waals surface area contributed by atoms with E-state index >= 15 is 0 Å². The van der Waals surface area contributed by atoms with Gasteiger partial charge in [0.2, 0.25) is 23.6 Å². The molecule has 0 rings (SSSR count). The highest BCUT2D eigenvalue weighted by Gasteiger charge is 2.12. The third-order valence-corrected chi connectivity index (χ3v) is 4.15. The van der Waals surface area contributed by atoms with E-state index in [4.69, 9.17) is 0 Å². The fourth-order valence-electron chi connectivity index (χ4n) is 2.62. The topological polar surface area (TPSA) is 98.8 Å². The number of unbranched alkanes of at least 4 members (excludes halogenated alkanes) is 1. The number of nitrogens with one attached hydrogen (secondary N) is 2. The monoisotopic (exact) mass is 406 g/mol. The second-order valence-corrected chi connectivity index (χ2v) is 6.45. The summed E-state index contributed by atoms with van der Waals surface area (Å²) in [6.45, 7) is 15.0. The summed E-state index contributed by atoms with van der Waals surface area (Å²) < 4.78 is 0. The molecule has 0 atom stereocenters. The molecule has 0 aliphatic rings. The van der Waals surface area contributed by atoms with Crippen molar-refractivity contribution in [2.24, 2.45) is 0 Å². The lowest BCUT2D eigenvalue weighted by molar-refractivity contribution is -0.127. The Morgan fingerprint density at radius 1 is 0.690 bits per heavy atom. The summed E-state index contributed by atoms with van der Waals surface area (Å²) in [5.74, 6) is -0.640. The van der Waals surface area contributed by atoms with Crippen LogP contribution in [0.3, 0.4) is 0 Å². The maximum atomic E-state index is 12.0. The molecule has 0 spiro atoms. The quantitative estimate of drug-likeness (QED) is 0.295. The van der Waals surface area contributed by atoms with E-state index < -0.39 is 0 Å². The van der Waals surface area contributed by atoms with Crippen molar-refractivity contribution in [1.82, 2.24) is 20.4 Å². The van der Waals surface area contributed by atoms with Gasteiger partial charge in [0.1, 0.15) is 0 Å². The Kier molecular flexibility index (Phi) is 14.5. The minimum Gasteiger partial charge on any atom is -0.356 e. The maximum absolute atomic E-state index is 12.0. The van der Waals surface area contributed by atoms with Crippen molar-refractivity contribution in [2.75, 3.05) is 39.3 Å². The molecule has 0 aromatic rings. The van der Waals surface area contributed by atoms with Gasteiger partial charge >= 0.3 is 0 Å². The van der Waals surface area contributed by atoms with Crippen LogP contribution in [0.1, 0.15) is 32.6 Å². The fraction of sp³-hybridized carbons (Fsp3) is 0.524. The Hall–Kier alpha value is -2.90. The first kappa shape index (κ1) is 26.1. The van der Waals surface area contributed by atoms with Gasteiger partial charge in [0.15, 0.2) is 0 Å². The van der Waals surface area contributed by atoms with Gasteiger partial charge in [0.05, 0.1) is 0 Å². The molecule has 29 heavy (non-hydrogen) atoms. The predicted octanol–water partition coefficient (Wildman–Crippen LogP) is 1.01. The molecule has 0 heterocycles. The summed E-state index contributed by atoms with van der Waals surface area (Å²) in [4.78, 5) is 49.4. The highest BCUT2D eigenvalue weighted by Crippen LogP contribution is 2.03. The van der Waals surface area contributed by atoms with Crippen LogP contribution in [0.15, 0.2) is 38.0 Å². The summed E-state index contributed by atoms with van der Waals surface area (Å²) in [7, 11) is 0. The summed E-state index contributed by atoms with van der Waals surface area (Å²) in [5, 5.41) is 5.38. The minimum absolute atomic E-state index is 0.0948. The Morgan fingerprint density at radius 3 is 1.48 bits per heavy atom. The van der Waals surface area contributed by atoms with Crippen LogP contribution in [0.5, 0.6) is 0 Å². The van der Waals surface area contributed by atoms with Crippen molar-refractivity contribution in [3.05, 3.63) is 38.0 Å². The number of rotatable bonds is 16. The van der Waals surface area contributed by atoms with Crippen molar-refractivity contribution in [2.45, 2.75) is 32.6 Å². The predicted molar refractivity (Wildman–Crippen MR) is 114 cm³/mol. The largest absolute Gasteiger partial charge is 0.356 e. The molecule has 0 aromatic carbocycles. The lowest BCUT2D eigenvalue weighted by atomic mass is 10.2. The van der Waals surface area contributed by atoms with E-state index in [-0.39, 0.29) is 23.6 Å². The number of carbonyl (C=O) groups excluding carboxylic acids is 4. The molecule has 0 aliphatic carbocycles. The van der Waals surface area contributed by atoms with E-state index in [1.807, 2.05) is 0 Å². The van der Waals surface area contributed by atoms with E-state index in [2.05, 4.69) is 30.4 Å². The fourth-order valence-corrected chi connectivity index (χ4v) is 2.62. The molecule has 8 heteroatoms. The zero-order chi connectivity index (χ0) is 22.1. The molecular weight excluding hydrogens is 372 g/mol. The summed E-state index contributed by atoms with van der Waals surface area (Å²) in [6.07, 6.45) is 6.51. The van der Waals surface area contributed by atoms with Gasteiger partial charge in [-0.05, 0) is 43.9 Å². The molecule has 0 bridgehead atoms. The van der Waals surface area contributed by atoms with Crippen molar-refractivity contribution in [3.8, 4) is 0 Å². The van der Waals surface area contributed by atoms with Crippen LogP contribution >= 0.6 is 0 Å². The van der Waals surface area contributed by atoms with E-state index in [1.165, 1.54) is 25.2 Å². The van der Waals surface area contributed by atoms with Crippen LogP contribution < -0.4 is 10.6 Å². The standard InChI is InChI=1S/C21H34N4O4/c1-5-19(27)23-13-11-17-25(21(29)7-3)15-9-8-14-24(20(28)6-2)16-10-12-22-18(4)26/h5-7H,1-3,8-17H2,4H3,(H,22,26)(H,23,27). The highest BCUT2D eigenvalue weighted by molar-refractivity contribution is 5.87. The molecule has 0 saturated carbocycles. The second-order valence-electron chi connectivity index (χ2n) is 6.45. The van der Waals surface area contributed by atoms with Crippen molar-refractivity contribution in [1.29, 1.82) is 0 Å². The number of amides is 4. The normalized spacial score (nSPS) is 9.83. The molecule has 0 unspecified atom stereocenters. The molecule has 0 fully saturated rings. The third kappa shape index (κ3) is 13.0. The molecule has 0 aromatic heterocycles. The van der Waals surface area contributed by atoms with Gasteiger partial charge in [-0.15, -0.1) is 0 Å². The third-order valence-electron chi connectivity index (χ3n) is 4.15. The van der Waals surface area contributed by atoms with Crippen molar-refractivity contribution < 1.29 is 19.2 Å². The second kappa shape index (κ2) is 16.1. The highest BCUT2D eigenvalue weighted by atomic mass is 16.2. The summed E-state index contributed by atoms with van der Waals surface area (Å²) in [5.41, 5.74) is 0. The van der Waals surface area contributed by atoms with E-state index in [0.717, 1.165) is 12.8 Å². The Labute approximate surface area is 173 Å². The Morgan fingerprint density at radius 2 is 1.10 bits per heavy atom. The summed E-state index contributed by atoms with van der Waals surface area (Å²) >= 11 is 0. The van der Waals surface area contributed by atoms with Gasteiger partial charge in [0.25, 0.3) is 0 Å². The van der Waals surface area contributed by atoms with Crippen LogP contribution in [0.2, 0.25) is 0 Å². The first-order valence-corrected chi connectivity index (χ1v) is 9.83. The molecule has 162 valence electrons. The molecule has 2 N–H and O–H groups in total. The van der Waals surface area contributed by atoms with Gasteiger partial charge in [0, 0.05) is 46.2 Å². The number of nitrogens with zero attached hydrogens (tertiary/aromatic N) is 2. The Balaban J connectivity index is 4.35. The molecule has 4 amide bonds. The van der Waals surface area contributed by atoms with E-state index in [9.17, 15) is 19.2 Å². The number of carbonyl (C=O) groups is 4. The molecule has 0 radical (unpaired) electrons. The van der Waals surface area contributed by atoms with Crippen LogP contribution in [-0.2, 0) is 19.2 Å². The molecule has 8 nitrogen and oxygen atoms in total. The van der Waals surface area contributed by atoms with E-state index in [0.29, 0.717) is 52.1 Å². The number of hydrogen-bond acceptors (Lipinski definition) is 4. The molecule has 0 aliphatic heterocycles. The average Bonchev–Trinajstić information content (AvgIpc) is 2.72. The zero-order valence-electron chi connectivity index (χ0n) is 17.5. The first-order valence-electron chi connectivity index (χ1n) is 9.83. The van der Waals surface area contributed by atoms with Crippen LogP contribution in [0.4, 0.5) is 0 Å². The lowest BCUT2D eigenvalue weighted by Gasteiger charge is -2.24.